The van der Waals surface area contributed by atoms with E-state index in [4.69, 9.17) is 0 Å². The Balaban J connectivity index is 1.80. The average Bonchev–Trinajstić information content (AvgIpc) is 3.17. The van der Waals surface area contributed by atoms with Crippen LogP contribution in [0.4, 0.5) is 0 Å². The van der Waals surface area contributed by atoms with Gasteiger partial charge in [-0.1, -0.05) is 6.92 Å². The first kappa shape index (κ1) is 16.1. The maximum absolute atomic E-state index is 12.1. The van der Waals surface area contributed by atoms with Crippen LogP contribution in [0, 0.1) is 6.92 Å². The van der Waals surface area contributed by atoms with Crippen LogP contribution in [0.5, 0.6) is 0 Å². The van der Waals surface area contributed by atoms with E-state index in [1.165, 1.54) is 4.88 Å². The zero-order valence-electron chi connectivity index (χ0n) is 13.8. The first-order valence-corrected chi connectivity index (χ1v) is 8.79. The van der Waals surface area contributed by atoms with Gasteiger partial charge in [0.2, 0.25) is 0 Å². The molecule has 1 aliphatic heterocycles. The van der Waals surface area contributed by atoms with Crippen LogP contribution in [0.1, 0.15) is 46.4 Å². The Morgan fingerprint density at radius 1 is 1.57 bits per heavy atom. The van der Waals surface area contributed by atoms with Crippen molar-refractivity contribution in [3.63, 3.8) is 0 Å². The third kappa shape index (κ3) is 3.16. The molecule has 2 aromatic rings. The van der Waals surface area contributed by atoms with Crippen LogP contribution in [0.15, 0.2) is 11.7 Å². The molecule has 0 spiro atoms. The normalized spacial score (nSPS) is 22.2. The number of aromatic nitrogens is 3. The number of aromatic amines is 1. The lowest BCUT2D eigenvalue weighted by Gasteiger charge is -2.40. The van der Waals surface area contributed by atoms with Gasteiger partial charge < -0.3 is 5.32 Å². The Morgan fingerprint density at radius 3 is 3.09 bits per heavy atom. The van der Waals surface area contributed by atoms with Crippen molar-refractivity contribution in [2.75, 3.05) is 20.1 Å². The molecule has 124 valence electrons. The van der Waals surface area contributed by atoms with Crippen LogP contribution in [0.3, 0.4) is 0 Å². The number of carbonyl (C=O) groups excluding carboxylic acids is 1. The first-order valence-electron chi connectivity index (χ1n) is 7.91. The summed E-state index contributed by atoms with van der Waals surface area (Å²) in [5.41, 5.74) is 4.55. The molecule has 3 rings (SSSR count). The Hall–Kier alpha value is -1.73. The number of hydrogen-bond donors (Lipinski definition) is 2. The van der Waals surface area contributed by atoms with E-state index in [-0.39, 0.29) is 11.3 Å². The van der Waals surface area contributed by atoms with Gasteiger partial charge in [0.25, 0.3) is 5.91 Å². The van der Waals surface area contributed by atoms with Crippen molar-refractivity contribution >= 4 is 17.2 Å². The van der Waals surface area contributed by atoms with Crippen LogP contribution in [-0.2, 0) is 12.0 Å². The number of amides is 1. The lowest BCUT2D eigenvalue weighted by atomic mass is 9.77. The Bertz CT molecular complexity index is 694. The van der Waals surface area contributed by atoms with Crippen molar-refractivity contribution in [2.24, 2.45) is 0 Å². The van der Waals surface area contributed by atoms with Crippen LogP contribution in [-0.4, -0.2) is 46.1 Å². The lowest BCUT2D eigenvalue weighted by Crippen LogP contribution is -2.45. The second-order valence-corrected chi connectivity index (χ2v) is 7.41. The molecule has 0 bridgehead atoms. The van der Waals surface area contributed by atoms with Gasteiger partial charge in [0, 0.05) is 30.4 Å². The Kier molecular flexibility index (Phi) is 4.50. The zero-order valence-corrected chi connectivity index (χ0v) is 14.7. The molecule has 1 aliphatic rings. The van der Waals surface area contributed by atoms with Gasteiger partial charge in [0.1, 0.15) is 0 Å². The summed E-state index contributed by atoms with van der Waals surface area (Å²) in [6.07, 6.45) is 3.80. The minimum atomic E-state index is -0.0881. The Labute approximate surface area is 140 Å². The zero-order chi connectivity index (χ0) is 16.4. The molecule has 7 heteroatoms. The molecular weight excluding hydrogens is 310 g/mol. The van der Waals surface area contributed by atoms with E-state index in [1.54, 1.807) is 24.6 Å². The highest BCUT2D eigenvalue weighted by molar-refractivity contribution is 7.09. The predicted octanol–water partition coefficient (Wildman–Crippen LogP) is 2.09. The molecule has 23 heavy (non-hydrogen) atoms. The van der Waals surface area contributed by atoms with Gasteiger partial charge in [-0.2, -0.15) is 5.10 Å². The van der Waals surface area contributed by atoms with Crippen molar-refractivity contribution in [3.05, 3.63) is 33.5 Å². The van der Waals surface area contributed by atoms with Gasteiger partial charge >= 0.3 is 0 Å². The molecule has 1 unspecified atom stereocenters. The van der Waals surface area contributed by atoms with Crippen molar-refractivity contribution in [1.29, 1.82) is 0 Å². The van der Waals surface area contributed by atoms with Gasteiger partial charge in [0.05, 0.1) is 28.7 Å². The molecule has 2 N–H and O–H groups in total. The number of nitrogens with one attached hydrogen (secondary N) is 2. The topological polar surface area (TPSA) is 73.9 Å². The van der Waals surface area contributed by atoms with Crippen molar-refractivity contribution in [2.45, 2.75) is 38.6 Å². The van der Waals surface area contributed by atoms with Crippen LogP contribution in [0.2, 0.25) is 0 Å². The molecule has 0 aromatic carbocycles. The lowest BCUT2D eigenvalue weighted by molar-refractivity contribution is 0.0955. The molecule has 0 radical (unpaired) electrons. The molecule has 1 fully saturated rings. The number of likely N-dealkylation sites (tertiary alicyclic amines) is 1. The minimum absolute atomic E-state index is 0.0783. The summed E-state index contributed by atoms with van der Waals surface area (Å²) < 4.78 is 0. The number of aryl methyl sites for hydroxylation is 1. The monoisotopic (exact) mass is 333 g/mol. The van der Waals surface area contributed by atoms with Crippen LogP contribution in [0.25, 0.3) is 0 Å². The highest BCUT2D eigenvalue weighted by Gasteiger charge is 2.37. The van der Waals surface area contributed by atoms with Crippen molar-refractivity contribution < 1.29 is 4.79 Å². The summed E-state index contributed by atoms with van der Waals surface area (Å²) in [6, 6.07) is 0. The fraction of sp³-hybridized carbons (Fsp3) is 0.562. The van der Waals surface area contributed by atoms with Gasteiger partial charge in [-0.05, 0) is 26.3 Å². The number of nitrogens with zero attached hydrogens (tertiary/aromatic N) is 3. The maximum atomic E-state index is 12.1. The quantitative estimate of drug-likeness (QED) is 0.898. The second kappa shape index (κ2) is 6.41. The fourth-order valence-electron chi connectivity index (χ4n) is 3.42. The van der Waals surface area contributed by atoms with E-state index in [9.17, 15) is 4.79 Å². The molecule has 1 amide bonds. The molecule has 0 aliphatic carbocycles. The number of H-pyrrole nitrogens is 1. The van der Waals surface area contributed by atoms with Gasteiger partial charge in [-0.25, -0.2) is 4.98 Å². The van der Waals surface area contributed by atoms with Gasteiger partial charge in [-0.3, -0.25) is 14.8 Å². The number of hydrogen-bond acceptors (Lipinski definition) is 5. The molecule has 3 heterocycles. The molecule has 0 saturated carbocycles. The highest BCUT2D eigenvalue weighted by Crippen LogP contribution is 2.35. The van der Waals surface area contributed by atoms with E-state index in [0.717, 1.165) is 43.9 Å². The van der Waals surface area contributed by atoms with E-state index in [2.05, 4.69) is 39.2 Å². The van der Waals surface area contributed by atoms with Gasteiger partial charge in [-0.15, -0.1) is 11.3 Å². The molecule has 6 nitrogen and oxygen atoms in total. The number of piperidine rings is 1. The summed E-state index contributed by atoms with van der Waals surface area (Å²) in [5.74, 6) is -0.0783. The largest absolute Gasteiger partial charge is 0.355 e. The molecular formula is C16H23N5OS. The average molecular weight is 333 g/mol. The van der Waals surface area contributed by atoms with E-state index >= 15 is 0 Å². The number of rotatable bonds is 4. The second-order valence-electron chi connectivity index (χ2n) is 6.47. The summed E-state index contributed by atoms with van der Waals surface area (Å²) in [4.78, 5) is 20.2. The fourth-order valence-corrected chi connectivity index (χ4v) is 4.24. The highest BCUT2D eigenvalue weighted by atomic mass is 32.1. The standard InChI is InChI=1S/C16H23N5OS/c1-11-13(23-10-18-11)8-21-6-4-5-16(2,9-21)14-12(7-19-20-14)15(22)17-3/h7,10H,4-6,8-9H2,1-3H3,(H,17,22)(H,19,20). The number of thiazole rings is 1. The third-order valence-electron chi connectivity index (χ3n) is 4.70. The van der Waals surface area contributed by atoms with E-state index in [0.29, 0.717) is 5.56 Å². The first-order chi connectivity index (χ1) is 11.0. The minimum Gasteiger partial charge on any atom is -0.355 e. The molecule has 1 atom stereocenters. The SMILES string of the molecule is CNC(=O)c1cn[nH]c1C1(C)CCCN(Cc2scnc2C)C1. The predicted molar refractivity (Wildman–Crippen MR) is 90.7 cm³/mol. The Morgan fingerprint density at radius 2 is 2.39 bits per heavy atom. The summed E-state index contributed by atoms with van der Waals surface area (Å²) in [5, 5.41) is 9.89. The van der Waals surface area contributed by atoms with Crippen LogP contribution >= 0.6 is 11.3 Å². The third-order valence-corrected chi connectivity index (χ3v) is 5.62. The van der Waals surface area contributed by atoms with Gasteiger partial charge in [0.15, 0.2) is 0 Å². The summed E-state index contributed by atoms with van der Waals surface area (Å²) in [6.45, 7) is 7.20. The smallest absolute Gasteiger partial charge is 0.254 e. The summed E-state index contributed by atoms with van der Waals surface area (Å²) >= 11 is 1.72. The number of carbonyl (C=O) groups is 1. The van der Waals surface area contributed by atoms with E-state index < -0.39 is 0 Å². The maximum Gasteiger partial charge on any atom is 0.254 e. The molecule has 2 aromatic heterocycles. The van der Waals surface area contributed by atoms with E-state index in [1.807, 2.05) is 5.51 Å². The van der Waals surface area contributed by atoms with Crippen LogP contribution < -0.4 is 5.32 Å². The molecule has 1 saturated heterocycles. The van der Waals surface area contributed by atoms with Crippen molar-refractivity contribution in [3.8, 4) is 0 Å². The summed E-state index contributed by atoms with van der Waals surface area (Å²) in [7, 11) is 1.65. The van der Waals surface area contributed by atoms with Crippen molar-refractivity contribution in [1.82, 2.24) is 25.4 Å².